The highest BCUT2D eigenvalue weighted by molar-refractivity contribution is 6.44. The molecule has 0 saturated heterocycles. The molecule has 0 aliphatic rings. The predicted octanol–water partition coefficient (Wildman–Crippen LogP) is 4.10. The average molecular weight is 336 g/mol. The van der Waals surface area contributed by atoms with Gasteiger partial charge in [-0.2, -0.15) is 9.97 Å². The number of aromatic hydroxyl groups is 1. The van der Waals surface area contributed by atoms with E-state index in [0.717, 1.165) is 0 Å². The highest BCUT2D eigenvalue weighted by Gasteiger charge is 2.16. The molecular formula is C15H11Cl2N3O2. The summed E-state index contributed by atoms with van der Waals surface area (Å²) in [7, 11) is 0. The van der Waals surface area contributed by atoms with Crippen molar-refractivity contribution in [3.63, 3.8) is 0 Å². The lowest BCUT2D eigenvalue weighted by atomic mass is 10.0. The van der Waals surface area contributed by atoms with Crippen molar-refractivity contribution in [2.24, 2.45) is 0 Å². The van der Waals surface area contributed by atoms with Crippen LogP contribution in [0.2, 0.25) is 10.0 Å². The SMILES string of the molecule is CCOc1nc(O)c2c(-c3cccc(Cl)c3Cl)cncc2n1. The van der Waals surface area contributed by atoms with Gasteiger partial charge in [0.1, 0.15) is 5.52 Å². The second kappa shape index (κ2) is 5.94. The molecule has 0 amide bonds. The van der Waals surface area contributed by atoms with Crippen molar-refractivity contribution >= 4 is 34.1 Å². The van der Waals surface area contributed by atoms with E-state index in [0.29, 0.717) is 38.7 Å². The molecule has 1 N–H and O–H groups in total. The van der Waals surface area contributed by atoms with Gasteiger partial charge in [0.2, 0.25) is 5.88 Å². The third-order valence-corrected chi connectivity index (χ3v) is 3.90. The minimum atomic E-state index is -0.193. The van der Waals surface area contributed by atoms with Crippen LogP contribution < -0.4 is 4.74 Å². The van der Waals surface area contributed by atoms with Gasteiger partial charge in [-0.15, -0.1) is 0 Å². The molecule has 0 aliphatic heterocycles. The number of hydrogen-bond donors (Lipinski definition) is 1. The first-order chi connectivity index (χ1) is 10.6. The van der Waals surface area contributed by atoms with Crippen LogP contribution in [0.4, 0.5) is 0 Å². The summed E-state index contributed by atoms with van der Waals surface area (Å²) in [6.45, 7) is 2.21. The highest BCUT2D eigenvalue weighted by atomic mass is 35.5. The molecule has 112 valence electrons. The van der Waals surface area contributed by atoms with Crippen molar-refractivity contribution in [2.45, 2.75) is 6.92 Å². The maximum Gasteiger partial charge on any atom is 0.320 e. The number of ether oxygens (including phenoxy) is 1. The highest BCUT2D eigenvalue weighted by Crippen LogP contribution is 2.39. The fraction of sp³-hybridized carbons (Fsp3) is 0.133. The van der Waals surface area contributed by atoms with Gasteiger partial charge in [-0.05, 0) is 13.0 Å². The van der Waals surface area contributed by atoms with Gasteiger partial charge in [0, 0.05) is 17.3 Å². The lowest BCUT2D eigenvalue weighted by Gasteiger charge is -2.10. The van der Waals surface area contributed by atoms with Crippen molar-refractivity contribution in [2.75, 3.05) is 6.61 Å². The van der Waals surface area contributed by atoms with Crippen molar-refractivity contribution < 1.29 is 9.84 Å². The molecule has 7 heteroatoms. The molecule has 0 unspecified atom stereocenters. The Bertz CT molecular complexity index is 856. The number of hydrogen-bond acceptors (Lipinski definition) is 5. The van der Waals surface area contributed by atoms with Crippen molar-refractivity contribution in [3.8, 4) is 23.0 Å². The number of halogens is 2. The summed E-state index contributed by atoms with van der Waals surface area (Å²) >= 11 is 12.3. The van der Waals surface area contributed by atoms with E-state index < -0.39 is 0 Å². The minimum Gasteiger partial charge on any atom is -0.493 e. The molecule has 2 aromatic heterocycles. The van der Waals surface area contributed by atoms with Gasteiger partial charge < -0.3 is 9.84 Å². The van der Waals surface area contributed by atoms with Gasteiger partial charge in [-0.3, -0.25) is 4.98 Å². The van der Waals surface area contributed by atoms with Crippen LogP contribution in [-0.2, 0) is 0 Å². The van der Waals surface area contributed by atoms with Gasteiger partial charge in [-0.25, -0.2) is 0 Å². The Hall–Kier alpha value is -2.11. The Labute approximate surface area is 136 Å². The van der Waals surface area contributed by atoms with Crippen molar-refractivity contribution in [1.82, 2.24) is 15.0 Å². The summed E-state index contributed by atoms with van der Waals surface area (Å²) in [6, 6.07) is 5.36. The van der Waals surface area contributed by atoms with Crippen LogP contribution in [0.5, 0.6) is 11.9 Å². The first-order valence-corrected chi connectivity index (χ1v) is 7.29. The normalized spacial score (nSPS) is 10.9. The Balaban J connectivity index is 2.29. The molecule has 1 aromatic carbocycles. The molecule has 0 radical (unpaired) electrons. The molecule has 3 rings (SSSR count). The lowest BCUT2D eigenvalue weighted by molar-refractivity contribution is 0.307. The van der Waals surface area contributed by atoms with Gasteiger partial charge in [-0.1, -0.05) is 35.3 Å². The summed E-state index contributed by atoms with van der Waals surface area (Å²) < 4.78 is 5.23. The number of nitrogens with zero attached hydrogens (tertiary/aromatic N) is 3. The predicted molar refractivity (Wildman–Crippen MR) is 85.6 cm³/mol. The first-order valence-electron chi connectivity index (χ1n) is 6.53. The number of fused-ring (bicyclic) bond motifs is 1. The summed E-state index contributed by atoms with van der Waals surface area (Å²) in [5, 5.41) is 11.5. The maximum absolute atomic E-state index is 10.2. The second-order valence-corrected chi connectivity index (χ2v) is 5.23. The van der Waals surface area contributed by atoms with Crippen molar-refractivity contribution in [1.29, 1.82) is 0 Å². The van der Waals surface area contributed by atoms with E-state index in [1.54, 1.807) is 24.4 Å². The summed E-state index contributed by atoms with van der Waals surface area (Å²) in [5.41, 5.74) is 1.71. The zero-order valence-corrected chi connectivity index (χ0v) is 13.1. The van der Waals surface area contributed by atoms with Crippen LogP contribution >= 0.6 is 23.2 Å². The molecule has 2 heterocycles. The van der Waals surface area contributed by atoms with Crippen molar-refractivity contribution in [3.05, 3.63) is 40.6 Å². The smallest absolute Gasteiger partial charge is 0.320 e. The molecule has 22 heavy (non-hydrogen) atoms. The number of rotatable bonds is 3. The van der Waals surface area contributed by atoms with Crippen LogP contribution in [-0.4, -0.2) is 26.7 Å². The molecule has 0 fully saturated rings. The van der Waals surface area contributed by atoms with E-state index in [9.17, 15) is 5.11 Å². The average Bonchev–Trinajstić information content (AvgIpc) is 2.50. The third-order valence-electron chi connectivity index (χ3n) is 3.08. The molecule has 3 aromatic rings. The standard InChI is InChI=1S/C15H11Cl2N3O2/c1-2-22-15-19-11-7-18-6-9(12(11)14(21)20-15)8-4-3-5-10(16)13(8)17/h3-7H,2H2,1H3,(H,19,20,21). The van der Waals surface area contributed by atoms with Gasteiger partial charge >= 0.3 is 6.01 Å². The molecule has 0 bridgehead atoms. The molecular weight excluding hydrogens is 325 g/mol. The third kappa shape index (κ3) is 2.53. The lowest BCUT2D eigenvalue weighted by Crippen LogP contribution is -1.99. The topological polar surface area (TPSA) is 68.1 Å². The fourth-order valence-electron chi connectivity index (χ4n) is 2.15. The Morgan fingerprint density at radius 1 is 1.14 bits per heavy atom. The zero-order chi connectivity index (χ0) is 15.7. The zero-order valence-electron chi connectivity index (χ0n) is 11.5. The number of aromatic nitrogens is 3. The van der Waals surface area contributed by atoms with Gasteiger partial charge in [0.25, 0.3) is 0 Å². The Morgan fingerprint density at radius 3 is 2.73 bits per heavy atom. The van der Waals surface area contributed by atoms with Gasteiger partial charge in [0.15, 0.2) is 0 Å². The molecule has 5 nitrogen and oxygen atoms in total. The minimum absolute atomic E-state index is 0.101. The van der Waals surface area contributed by atoms with Crippen LogP contribution in [0.25, 0.3) is 22.0 Å². The summed E-state index contributed by atoms with van der Waals surface area (Å²) in [6.07, 6.45) is 3.12. The number of pyridine rings is 1. The van der Waals surface area contributed by atoms with E-state index in [4.69, 9.17) is 27.9 Å². The van der Waals surface area contributed by atoms with E-state index in [1.807, 2.05) is 6.92 Å². The van der Waals surface area contributed by atoms with E-state index >= 15 is 0 Å². The first kappa shape index (κ1) is 14.8. The Morgan fingerprint density at radius 2 is 1.95 bits per heavy atom. The van der Waals surface area contributed by atoms with Crippen LogP contribution in [0, 0.1) is 0 Å². The monoisotopic (exact) mass is 335 g/mol. The molecule has 0 saturated carbocycles. The summed E-state index contributed by atoms with van der Waals surface area (Å²) in [4.78, 5) is 12.3. The Kier molecular flexibility index (Phi) is 4.00. The van der Waals surface area contributed by atoms with Crippen LogP contribution in [0.3, 0.4) is 0 Å². The second-order valence-electron chi connectivity index (χ2n) is 4.45. The number of benzene rings is 1. The fourth-order valence-corrected chi connectivity index (χ4v) is 2.56. The molecule has 0 aliphatic carbocycles. The van der Waals surface area contributed by atoms with Crippen LogP contribution in [0.1, 0.15) is 6.92 Å². The molecule has 0 spiro atoms. The van der Waals surface area contributed by atoms with Gasteiger partial charge in [0.05, 0.1) is 28.2 Å². The van der Waals surface area contributed by atoms with E-state index in [-0.39, 0.29) is 11.9 Å². The summed E-state index contributed by atoms with van der Waals surface area (Å²) in [5.74, 6) is -0.193. The molecule has 0 atom stereocenters. The largest absolute Gasteiger partial charge is 0.493 e. The quantitative estimate of drug-likeness (QED) is 0.780. The maximum atomic E-state index is 10.2. The van der Waals surface area contributed by atoms with E-state index in [2.05, 4.69) is 15.0 Å². The van der Waals surface area contributed by atoms with Crippen LogP contribution in [0.15, 0.2) is 30.6 Å². The van der Waals surface area contributed by atoms with E-state index in [1.165, 1.54) is 6.20 Å².